The van der Waals surface area contributed by atoms with Crippen LogP contribution in [0.3, 0.4) is 0 Å². The third kappa shape index (κ3) is 7.45. The average Bonchev–Trinajstić information content (AvgIpc) is 3.05. The molecular weight excluding hydrogens is 512 g/mol. The number of nitrogens with one attached hydrogen (secondary N) is 2. The van der Waals surface area contributed by atoms with Crippen molar-refractivity contribution in [2.45, 2.75) is 45.8 Å². The van der Waals surface area contributed by atoms with E-state index in [0.717, 1.165) is 16.0 Å². The fourth-order valence-electron chi connectivity index (χ4n) is 4.05. The van der Waals surface area contributed by atoms with Crippen molar-refractivity contribution in [2.24, 2.45) is 10.9 Å². The van der Waals surface area contributed by atoms with E-state index in [1.165, 1.54) is 12.1 Å². The monoisotopic (exact) mass is 544 g/mol. The number of amidine groups is 1. The molecular formula is C27H33ClN4O6. The third-order valence-corrected chi connectivity index (χ3v) is 6.29. The highest BCUT2D eigenvalue weighted by molar-refractivity contribution is 6.30. The van der Waals surface area contributed by atoms with Crippen molar-refractivity contribution < 1.29 is 29.1 Å². The molecule has 3 N–H and O–H groups in total. The van der Waals surface area contributed by atoms with Crippen LogP contribution in [0, 0.1) is 5.92 Å². The lowest BCUT2D eigenvalue weighted by atomic mass is 9.97. The van der Waals surface area contributed by atoms with Crippen molar-refractivity contribution in [1.82, 2.24) is 15.7 Å². The summed E-state index contributed by atoms with van der Waals surface area (Å²) in [7, 11) is 1.54. The summed E-state index contributed by atoms with van der Waals surface area (Å²) >= 11 is 6.19. The van der Waals surface area contributed by atoms with Gasteiger partial charge in [0.15, 0.2) is 0 Å². The molecule has 0 saturated carbocycles. The zero-order valence-electron chi connectivity index (χ0n) is 21.9. The van der Waals surface area contributed by atoms with Gasteiger partial charge in [0.2, 0.25) is 5.91 Å². The van der Waals surface area contributed by atoms with Crippen LogP contribution in [-0.2, 0) is 16.1 Å². The van der Waals surface area contributed by atoms with Crippen molar-refractivity contribution in [3.63, 3.8) is 0 Å². The van der Waals surface area contributed by atoms with Gasteiger partial charge in [-0.1, -0.05) is 30.7 Å². The van der Waals surface area contributed by atoms with Gasteiger partial charge in [0.1, 0.15) is 11.6 Å². The predicted molar refractivity (Wildman–Crippen MR) is 144 cm³/mol. The highest BCUT2D eigenvalue weighted by Gasteiger charge is 2.34. The van der Waals surface area contributed by atoms with Gasteiger partial charge >= 0.3 is 12.0 Å². The molecule has 0 saturated heterocycles. The molecule has 10 nitrogen and oxygen atoms in total. The fourth-order valence-corrected chi connectivity index (χ4v) is 4.24. The molecule has 0 aromatic heterocycles. The standard InChI is InChI=1S/C27H33ClN4O6/c1-5-22(17-6-8-18(9-7-17)26(34)35)30-27(36)32-15-24(31-38-16(2)3)29-14-20(25(32)33)12-19-13-21(28)10-11-23(19)37-4/h6-11,13,16,20,22H,5,12,14-15H2,1-4H3,(H,29,31)(H,30,36)(H,34,35)/t20-,22-/m1/s1. The minimum atomic E-state index is -1.03. The summed E-state index contributed by atoms with van der Waals surface area (Å²) in [6.07, 6.45) is 0.643. The molecule has 3 rings (SSSR count). The summed E-state index contributed by atoms with van der Waals surface area (Å²) < 4.78 is 5.44. The van der Waals surface area contributed by atoms with Crippen molar-refractivity contribution in [3.8, 4) is 5.75 Å². The van der Waals surface area contributed by atoms with E-state index in [0.29, 0.717) is 23.0 Å². The molecule has 0 aliphatic carbocycles. The lowest BCUT2D eigenvalue weighted by molar-refractivity contribution is -0.131. The number of aliphatic imine (C=N–C) groups is 1. The summed E-state index contributed by atoms with van der Waals surface area (Å²) in [5.74, 6) is -1.15. The van der Waals surface area contributed by atoms with Crippen LogP contribution in [0.4, 0.5) is 4.79 Å². The number of urea groups is 1. The number of hydrogen-bond acceptors (Lipinski definition) is 7. The van der Waals surface area contributed by atoms with E-state index in [9.17, 15) is 14.4 Å². The number of rotatable bonds is 9. The van der Waals surface area contributed by atoms with Crippen LogP contribution in [0.5, 0.6) is 5.75 Å². The van der Waals surface area contributed by atoms with Crippen LogP contribution in [0.15, 0.2) is 47.5 Å². The first-order chi connectivity index (χ1) is 18.1. The predicted octanol–water partition coefficient (Wildman–Crippen LogP) is 4.24. The smallest absolute Gasteiger partial charge is 0.335 e. The summed E-state index contributed by atoms with van der Waals surface area (Å²) in [4.78, 5) is 49.5. The maximum absolute atomic E-state index is 13.7. The topological polar surface area (TPSA) is 130 Å². The number of methoxy groups -OCH3 is 1. The Morgan fingerprint density at radius 3 is 2.53 bits per heavy atom. The second kappa shape index (κ2) is 13.3. The van der Waals surface area contributed by atoms with Gasteiger partial charge in [-0.25, -0.2) is 9.59 Å². The lowest BCUT2D eigenvalue weighted by Crippen LogP contribution is -2.50. The Labute approximate surface area is 226 Å². The van der Waals surface area contributed by atoms with Gasteiger partial charge in [-0.05, 0) is 68.1 Å². The number of amides is 3. The number of carbonyl (C=O) groups is 3. The Balaban J connectivity index is 1.86. The van der Waals surface area contributed by atoms with Crippen molar-refractivity contribution in [2.75, 3.05) is 20.2 Å². The molecule has 38 heavy (non-hydrogen) atoms. The maximum Gasteiger partial charge on any atom is 0.335 e. The zero-order valence-corrected chi connectivity index (χ0v) is 22.6. The molecule has 1 aliphatic heterocycles. The van der Waals surface area contributed by atoms with E-state index in [-0.39, 0.29) is 31.2 Å². The van der Waals surface area contributed by atoms with Crippen LogP contribution >= 0.6 is 11.6 Å². The molecule has 0 spiro atoms. The first-order valence-corrected chi connectivity index (χ1v) is 12.7. The van der Waals surface area contributed by atoms with Crippen molar-refractivity contribution in [1.29, 1.82) is 0 Å². The van der Waals surface area contributed by atoms with Gasteiger partial charge in [0.05, 0.1) is 43.8 Å². The first-order valence-electron chi connectivity index (χ1n) is 12.3. The summed E-state index contributed by atoms with van der Waals surface area (Å²) in [5.41, 5.74) is 4.38. The van der Waals surface area contributed by atoms with Gasteiger partial charge < -0.3 is 15.2 Å². The largest absolute Gasteiger partial charge is 0.496 e. The Kier molecular flexibility index (Phi) is 10.1. The van der Waals surface area contributed by atoms with E-state index in [2.05, 4.69) is 15.8 Å². The molecule has 11 heteroatoms. The molecule has 3 amide bonds. The van der Waals surface area contributed by atoms with Crippen LogP contribution in [0.25, 0.3) is 0 Å². The minimum absolute atomic E-state index is 0.102. The van der Waals surface area contributed by atoms with E-state index in [1.54, 1.807) is 37.4 Å². The van der Waals surface area contributed by atoms with Crippen LogP contribution in [-0.4, -0.2) is 60.1 Å². The summed E-state index contributed by atoms with van der Waals surface area (Å²) in [6, 6.07) is 10.4. The van der Waals surface area contributed by atoms with Crippen molar-refractivity contribution >= 4 is 35.3 Å². The van der Waals surface area contributed by atoms with Gasteiger partial charge in [0, 0.05) is 5.02 Å². The number of carbonyl (C=O) groups excluding carboxylic acids is 2. The number of hydrogen-bond donors (Lipinski definition) is 3. The molecule has 2 atom stereocenters. The zero-order chi connectivity index (χ0) is 27.8. The van der Waals surface area contributed by atoms with E-state index in [4.69, 9.17) is 26.3 Å². The number of ether oxygens (including phenoxy) is 1. The molecule has 0 bridgehead atoms. The summed E-state index contributed by atoms with van der Waals surface area (Å²) in [5, 5.41) is 12.6. The van der Waals surface area contributed by atoms with Gasteiger partial charge in [-0.15, -0.1) is 0 Å². The van der Waals surface area contributed by atoms with E-state index in [1.807, 2.05) is 20.8 Å². The Hall–Kier alpha value is -3.63. The van der Waals surface area contributed by atoms with E-state index < -0.39 is 29.9 Å². The maximum atomic E-state index is 13.7. The quantitative estimate of drug-likeness (QED) is 0.403. The van der Waals surface area contributed by atoms with Gasteiger partial charge in [-0.3, -0.25) is 25.0 Å². The molecule has 0 fully saturated rings. The normalized spacial score (nSPS) is 16.5. The molecule has 2 aromatic carbocycles. The van der Waals surface area contributed by atoms with Crippen LogP contribution in [0.2, 0.25) is 5.02 Å². The number of nitrogens with zero attached hydrogens (tertiary/aromatic N) is 2. The molecule has 0 radical (unpaired) electrons. The average molecular weight is 545 g/mol. The van der Waals surface area contributed by atoms with Crippen molar-refractivity contribution in [3.05, 3.63) is 64.2 Å². The number of imide groups is 1. The first kappa shape index (κ1) is 28.9. The molecule has 2 aromatic rings. The summed E-state index contributed by atoms with van der Waals surface area (Å²) in [6.45, 7) is 5.61. The van der Waals surface area contributed by atoms with Gasteiger partial charge in [0.25, 0.3) is 0 Å². The molecule has 1 heterocycles. The third-order valence-electron chi connectivity index (χ3n) is 6.06. The van der Waals surface area contributed by atoms with E-state index >= 15 is 0 Å². The number of halogens is 1. The molecule has 1 aliphatic rings. The Morgan fingerprint density at radius 1 is 1.21 bits per heavy atom. The minimum Gasteiger partial charge on any atom is -0.496 e. The lowest BCUT2D eigenvalue weighted by Gasteiger charge is -2.26. The Bertz CT molecular complexity index is 1180. The fraction of sp³-hybridized carbons (Fsp3) is 0.407. The Morgan fingerprint density at radius 2 is 1.92 bits per heavy atom. The number of carboxylic acid groups (broad SMARTS) is 1. The number of benzene rings is 2. The SMILES string of the molecule is CC[C@@H](NC(=O)N1CC(NOC(C)C)=NC[C@@H](Cc2cc(Cl)ccc2OC)C1=O)c1ccc(C(=O)O)cc1. The molecule has 0 unspecified atom stereocenters. The number of hydroxylamine groups is 1. The van der Waals surface area contributed by atoms with Crippen LogP contribution < -0.4 is 15.5 Å². The highest BCUT2D eigenvalue weighted by Crippen LogP contribution is 2.27. The highest BCUT2D eigenvalue weighted by atomic mass is 35.5. The molecule has 204 valence electrons. The second-order valence-electron chi connectivity index (χ2n) is 9.18. The van der Waals surface area contributed by atoms with Crippen LogP contribution in [0.1, 0.15) is 54.7 Å². The second-order valence-corrected chi connectivity index (χ2v) is 9.61. The number of aromatic carboxylic acids is 1. The van der Waals surface area contributed by atoms with Gasteiger partial charge in [-0.2, -0.15) is 0 Å². The number of carboxylic acids is 1.